The van der Waals surface area contributed by atoms with E-state index in [1.807, 2.05) is 0 Å². The first-order valence-corrected chi connectivity index (χ1v) is 24.9. The Morgan fingerprint density at radius 2 is 0.609 bits per heavy atom. The second kappa shape index (κ2) is 14.6. The second-order valence-electron chi connectivity index (χ2n) is 22.2. The lowest BCUT2D eigenvalue weighted by atomic mass is 9.34. The van der Waals surface area contributed by atoms with Crippen LogP contribution in [0.15, 0.2) is 200 Å². The molecule has 4 heterocycles. The fraction of sp³-hybridized carbons (Fsp3) is 0.182. The summed E-state index contributed by atoms with van der Waals surface area (Å²) in [4.78, 5) is 0. The lowest BCUT2D eigenvalue weighted by Gasteiger charge is -2.36. The fourth-order valence-electron chi connectivity index (χ4n) is 12.6. The largest absolute Gasteiger partial charge is 0.310 e. The maximum atomic E-state index is 2.63. The predicted molar refractivity (Wildman–Crippen MR) is 294 cm³/mol. The molecular formula is C66H57BN2. The predicted octanol–water partition coefficient (Wildman–Crippen LogP) is 14.3. The van der Waals surface area contributed by atoms with Gasteiger partial charge in [-0.25, -0.2) is 0 Å². The van der Waals surface area contributed by atoms with Gasteiger partial charge in [-0.1, -0.05) is 207 Å². The van der Waals surface area contributed by atoms with Gasteiger partial charge in [-0.3, -0.25) is 0 Å². The molecule has 0 aliphatic carbocycles. The molecule has 0 spiro atoms. The third kappa shape index (κ3) is 5.86. The van der Waals surface area contributed by atoms with Gasteiger partial charge >= 0.3 is 0 Å². The van der Waals surface area contributed by atoms with Crippen molar-refractivity contribution in [2.24, 2.45) is 0 Å². The number of fused-ring (bicyclic) bond motifs is 10. The topological polar surface area (TPSA) is 9.86 Å². The van der Waals surface area contributed by atoms with Crippen LogP contribution in [0.25, 0.3) is 55.0 Å². The Labute approximate surface area is 407 Å². The van der Waals surface area contributed by atoms with E-state index in [-0.39, 0.29) is 28.4 Å². The minimum Gasteiger partial charge on any atom is -0.310 e. The molecule has 2 aliphatic heterocycles. The van der Waals surface area contributed by atoms with Crippen molar-refractivity contribution in [1.29, 1.82) is 0 Å². The lowest BCUT2D eigenvalue weighted by molar-refractivity contribution is 0.641. The first-order valence-electron chi connectivity index (χ1n) is 24.9. The van der Waals surface area contributed by atoms with E-state index in [0.717, 1.165) is 0 Å². The fourth-order valence-corrected chi connectivity index (χ4v) is 12.6. The van der Waals surface area contributed by atoms with Crippen LogP contribution in [0, 0.1) is 0 Å². The Bertz CT molecular complexity index is 3620. The number of hydrogen-bond acceptors (Lipinski definition) is 0. The van der Waals surface area contributed by atoms with Crippen LogP contribution >= 0.6 is 0 Å². The van der Waals surface area contributed by atoms with Gasteiger partial charge in [-0.15, -0.1) is 0 Å². The molecule has 0 amide bonds. The van der Waals surface area contributed by atoms with Gasteiger partial charge < -0.3 is 9.13 Å². The zero-order valence-corrected chi connectivity index (χ0v) is 41.0. The van der Waals surface area contributed by atoms with Crippen LogP contribution in [0.5, 0.6) is 0 Å². The van der Waals surface area contributed by atoms with Crippen molar-refractivity contribution >= 4 is 66.7 Å². The van der Waals surface area contributed by atoms with E-state index in [1.165, 1.54) is 116 Å². The van der Waals surface area contributed by atoms with Crippen molar-refractivity contribution in [3.63, 3.8) is 0 Å². The van der Waals surface area contributed by atoms with Crippen LogP contribution < -0.4 is 16.4 Å². The lowest BCUT2D eigenvalue weighted by Crippen LogP contribution is -2.59. The highest BCUT2D eigenvalue weighted by Gasteiger charge is 2.43. The summed E-state index contributed by atoms with van der Waals surface area (Å²) in [6, 6.07) is 76.2. The molecule has 69 heavy (non-hydrogen) atoms. The van der Waals surface area contributed by atoms with E-state index >= 15 is 0 Å². The SMILES string of the molecule is CC(C)(c1ccccc1)c1ccc2c(c1)c1cc(C(C)(C)c3ccccc3)cc3c1n2-c1cccc2c1B3c1cc(C(C)(C)c3ccccc3)cc3c4cc(C(C)(C)c5ccccc5)ccc4n-2c13. The molecule has 0 saturated heterocycles. The maximum Gasteiger partial charge on any atom is 0.252 e. The summed E-state index contributed by atoms with van der Waals surface area (Å²) in [6.07, 6.45) is 0. The highest BCUT2D eigenvalue weighted by atomic mass is 15.0. The molecule has 0 fully saturated rings. The summed E-state index contributed by atoms with van der Waals surface area (Å²) in [5.74, 6) is 0. The van der Waals surface area contributed by atoms with E-state index in [4.69, 9.17) is 0 Å². The molecule has 0 radical (unpaired) electrons. The van der Waals surface area contributed by atoms with Crippen molar-refractivity contribution in [3.05, 3.63) is 245 Å². The molecule has 334 valence electrons. The van der Waals surface area contributed by atoms with Gasteiger partial charge in [0.25, 0.3) is 6.71 Å². The molecule has 0 N–H and O–H groups in total. The maximum absolute atomic E-state index is 2.63. The first-order chi connectivity index (χ1) is 33.3. The number of aromatic nitrogens is 2. The normalized spacial score (nSPS) is 13.5. The van der Waals surface area contributed by atoms with E-state index in [1.54, 1.807) is 0 Å². The molecule has 0 bridgehead atoms. The molecule has 2 aliphatic rings. The second-order valence-corrected chi connectivity index (χ2v) is 22.2. The Hall–Kier alpha value is -7.36. The summed E-state index contributed by atoms with van der Waals surface area (Å²) < 4.78 is 5.25. The summed E-state index contributed by atoms with van der Waals surface area (Å²) >= 11 is 0. The van der Waals surface area contributed by atoms with Gasteiger partial charge in [0.05, 0.1) is 11.0 Å². The Kier molecular flexibility index (Phi) is 8.83. The molecule has 2 aromatic heterocycles. The van der Waals surface area contributed by atoms with Crippen LogP contribution in [-0.2, 0) is 21.7 Å². The van der Waals surface area contributed by atoms with Gasteiger partial charge in [-0.05, 0) is 109 Å². The first kappa shape index (κ1) is 41.8. The van der Waals surface area contributed by atoms with Gasteiger partial charge in [0, 0.05) is 65.6 Å². The van der Waals surface area contributed by atoms with Gasteiger partial charge in [0.15, 0.2) is 0 Å². The average Bonchev–Trinajstić information content (AvgIpc) is 3.90. The molecule has 9 aromatic carbocycles. The van der Waals surface area contributed by atoms with Crippen LogP contribution in [-0.4, -0.2) is 15.8 Å². The third-order valence-corrected chi connectivity index (χ3v) is 17.1. The highest BCUT2D eigenvalue weighted by Crippen LogP contribution is 2.45. The van der Waals surface area contributed by atoms with Crippen LogP contribution in [0.2, 0.25) is 0 Å². The molecule has 13 rings (SSSR count). The standard InChI is InChI=1S/C66H57BN2/c1-63(2,42-22-13-9-14-23-42)46-32-34-56-50(36-46)52-38-48(65(5,6)44-26-17-11-18-27-44)40-54-61(52)68(56)58-30-21-31-59-60(58)67(54)55-41-49(66(7,8)45-28-19-12-20-29-45)39-53-51-37-47(33-35-57(51)69(59)62(53)55)64(3,4)43-24-15-10-16-25-43/h9-41H,1-8H3. The molecule has 11 aromatic rings. The number of benzene rings is 9. The van der Waals surface area contributed by atoms with Crippen LogP contribution in [0.1, 0.15) is 99.9 Å². The minimum atomic E-state index is -0.265. The van der Waals surface area contributed by atoms with Crippen molar-refractivity contribution in [3.8, 4) is 11.4 Å². The molecule has 0 unspecified atom stereocenters. The Morgan fingerprint density at radius 1 is 0.290 bits per heavy atom. The number of rotatable bonds is 8. The van der Waals surface area contributed by atoms with E-state index < -0.39 is 0 Å². The summed E-state index contributed by atoms with van der Waals surface area (Å²) in [6.45, 7) is 19.1. The van der Waals surface area contributed by atoms with Crippen molar-refractivity contribution in [2.45, 2.75) is 77.0 Å². The molecular weight excluding hydrogens is 832 g/mol. The Balaban J connectivity index is 1.16. The van der Waals surface area contributed by atoms with E-state index in [0.29, 0.717) is 0 Å². The highest BCUT2D eigenvalue weighted by molar-refractivity contribution is 7.00. The van der Waals surface area contributed by atoms with Gasteiger partial charge in [-0.2, -0.15) is 0 Å². The average molecular weight is 889 g/mol. The minimum absolute atomic E-state index is 0.00617. The number of hydrogen-bond donors (Lipinski definition) is 0. The van der Waals surface area contributed by atoms with Gasteiger partial charge in [0.1, 0.15) is 0 Å². The van der Waals surface area contributed by atoms with Crippen molar-refractivity contribution in [1.82, 2.24) is 9.13 Å². The zero-order chi connectivity index (χ0) is 47.2. The van der Waals surface area contributed by atoms with Gasteiger partial charge in [0.2, 0.25) is 0 Å². The van der Waals surface area contributed by atoms with Crippen molar-refractivity contribution in [2.75, 3.05) is 0 Å². The monoisotopic (exact) mass is 888 g/mol. The summed E-state index contributed by atoms with van der Waals surface area (Å²) in [7, 11) is 0. The molecule has 3 heteroatoms. The molecule has 2 nitrogen and oxygen atoms in total. The van der Waals surface area contributed by atoms with Crippen molar-refractivity contribution < 1.29 is 0 Å². The smallest absolute Gasteiger partial charge is 0.252 e. The van der Waals surface area contributed by atoms with E-state index in [2.05, 4.69) is 265 Å². The quantitative estimate of drug-likeness (QED) is 0.135. The third-order valence-electron chi connectivity index (χ3n) is 17.1. The molecule has 0 saturated carbocycles. The van der Waals surface area contributed by atoms with Crippen LogP contribution in [0.3, 0.4) is 0 Å². The molecule has 0 atom stereocenters. The zero-order valence-electron chi connectivity index (χ0n) is 41.0. The van der Waals surface area contributed by atoms with E-state index in [9.17, 15) is 0 Å². The summed E-state index contributed by atoms with van der Waals surface area (Å²) in [5.41, 5.74) is 21.5. The summed E-state index contributed by atoms with van der Waals surface area (Å²) in [5, 5.41) is 5.24. The van der Waals surface area contributed by atoms with Crippen LogP contribution in [0.4, 0.5) is 0 Å². The Morgan fingerprint density at radius 3 is 0.957 bits per heavy atom. The number of nitrogens with zero attached hydrogens (tertiary/aromatic N) is 2.